The number of hydrogen-bond acceptors (Lipinski definition) is 0. The van der Waals surface area contributed by atoms with E-state index in [0.717, 1.165) is 8.19 Å². The van der Waals surface area contributed by atoms with Crippen LogP contribution < -0.4 is 0 Å². The molecule has 0 aliphatic rings. The normalized spacial score (nSPS) is 4.00. The van der Waals surface area contributed by atoms with Crippen LogP contribution in [-0.4, -0.2) is 0 Å². The zero-order valence-corrected chi connectivity index (χ0v) is 12.2. The topological polar surface area (TPSA) is 0 Å². The fourth-order valence-electron chi connectivity index (χ4n) is 0.241. The van der Waals surface area contributed by atoms with Crippen molar-refractivity contribution in [3.05, 3.63) is 53.4 Å². The van der Waals surface area contributed by atoms with Gasteiger partial charge in [-0.05, 0) is 0 Å². The van der Waals surface area contributed by atoms with Gasteiger partial charge in [-0.2, -0.15) is 17.7 Å². The van der Waals surface area contributed by atoms with Crippen LogP contribution in [0.25, 0.3) is 0 Å². The van der Waals surface area contributed by atoms with E-state index in [0.29, 0.717) is 0 Å². The third-order valence-corrected chi connectivity index (χ3v) is 1.13. The Balaban J connectivity index is -0.00000000714. The van der Waals surface area contributed by atoms with Crippen LogP contribution >= 0.6 is 33.0 Å². The van der Waals surface area contributed by atoms with Crippen molar-refractivity contribution >= 4 is 33.0 Å². The van der Waals surface area contributed by atoms with E-state index in [9.17, 15) is 0 Å². The van der Waals surface area contributed by atoms with Gasteiger partial charge >= 0.3 is 0 Å². The molecule has 4 heteroatoms. The minimum atomic E-state index is 0. The van der Waals surface area contributed by atoms with Gasteiger partial charge in [-0.3, -0.25) is 8.19 Å². The molecular weight excluding hydrogens is 246 g/mol. The van der Waals surface area contributed by atoms with E-state index in [2.05, 4.69) is 11.6 Å². The van der Waals surface area contributed by atoms with Gasteiger partial charge in [0.25, 0.3) is 0 Å². The SMILES string of the molecule is Cl.Cl.[CH3-].[CH3-].[CH3-].[CH3-].[Ti].[c-]1ccc[pH]1. The Kier molecular flexibility index (Phi) is 173. The van der Waals surface area contributed by atoms with Gasteiger partial charge in [0.2, 0.25) is 0 Å². The van der Waals surface area contributed by atoms with Crippen LogP contribution in [0.4, 0.5) is 0 Å². The second-order valence-corrected chi connectivity index (χ2v) is 1.73. The third kappa shape index (κ3) is 30.5. The zero-order valence-electron chi connectivity index (χ0n) is 8.05. The van der Waals surface area contributed by atoms with Gasteiger partial charge in [-0.15, -0.1) is 24.8 Å². The molecule has 0 amide bonds. The number of rotatable bonds is 0. The molecule has 0 saturated heterocycles. The summed E-state index contributed by atoms with van der Waals surface area (Å²) in [4.78, 5) is 0. The average Bonchev–Trinajstić information content (AvgIpc) is 1.76. The van der Waals surface area contributed by atoms with Crippen molar-refractivity contribution < 1.29 is 21.7 Å². The largest absolute Gasteiger partial charge is 0.358 e. The van der Waals surface area contributed by atoms with Crippen LogP contribution in [0, 0.1) is 35.5 Å². The Morgan fingerprint density at radius 1 is 0.917 bits per heavy atom. The molecule has 0 radical (unpaired) electrons. The van der Waals surface area contributed by atoms with E-state index in [1.54, 1.807) is 0 Å². The van der Waals surface area contributed by atoms with Crippen LogP contribution in [0.3, 0.4) is 0 Å². The fourth-order valence-corrected chi connectivity index (χ4v) is 0.722. The number of hydrogen-bond donors (Lipinski definition) is 0. The second-order valence-electron chi connectivity index (χ2n) is 0.814. The predicted octanol–water partition coefficient (Wildman–Crippen LogP) is 4.16. The molecule has 1 aromatic rings. The maximum atomic E-state index is 3.01. The van der Waals surface area contributed by atoms with E-state index >= 15 is 0 Å². The maximum Gasteiger partial charge on any atom is 0 e. The predicted molar refractivity (Wildman–Crippen MR) is 64.9 cm³/mol. The monoisotopic (exact) mass is 263 g/mol. The fraction of sp³-hybridized carbons (Fsp3) is 0. The molecule has 0 aliphatic carbocycles. The first-order valence-electron chi connectivity index (χ1n) is 1.49. The molecule has 1 heterocycles. The van der Waals surface area contributed by atoms with Crippen molar-refractivity contribution in [2.75, 3.05) is 0 Å². The smallest absolute Gasteiger partial charge is 0 e. The van der Waals surface area contributed by atoms with Crippen LogP contribution in [0.15, 0.2) is 17.9 Å². The van der Waals surface area contributed by atoms with Crippen molar-refractivity contribution in [3.8, 4) is 0 Å². The van der Waals surface area contributed by atoms with E-state index in [1.807, 2.05) is 12.1 Å². The van der Waals surface area contributed by atoms with Crippen molar-refractivity contribution in [1.29, 1.82) is 0 Å². The summed E-state index contributed by atoms with van der Waals surface area (Å²) in [5.41, 5.74) is 0. The van der Waals surface area contributed by atoms with Crippen LogP contribution in [0.1, 0.15) is 0 Å². The van der Waals surface area contributed by atoms with E-state index in [4.69, 9.17) is 0 Å². The molecule has 12 heavy (non-hydrogen) atoms. The maximum absolute atomic E-state index is 3.01. The summed E-state index contributed by atoms with van der Waals surface area (Å²) in [5, 5.41) is 0. The summed E-state index contributed by atoms with van der Waals surface area (Å²) in [6, 6.07) is 3.96. The number of halogens is 2. The molecule has 0 N–H and O–H groups in total. The van der Waals surface area contributed by atoms with E-state index in [-0.39, 0.29) is 76.2 Å². The second kappa shape index (κ2) is 40.1. The standard InChI is InChI=1S/C4H4P.4CH3.2ClH.Ti/c1-2-4-5-3-1;;;;;;;/h1-3,5H;4*1H3;2*1H;/q5*-1;;;. The molecule has 0 spiro atoms. The molecule has 0 fully saturated rings. The van der Waals surface area contributed by atoms with Gasteiger partial charge < -0.3 is 29.7 Å². The zero-order chi connectivity index (χ0) is 3.54. The summed E-state index contributed by atoms with van der Waals surface area (Å²) >= 11 is 0. The molecule has 0 nitrogen and oxygen atoms in total. The molecule has 0 saturated carbocycles. The van der Waals surface area contributed by atoms with E-state index in [1.165, 1.54) is 0 Å². The van der Waals surface area contributed by atoms with Crippen molar-refractivity contribution in [2.24, 2.45) is 0 Å². The van der Waals surface area contributed by atoms with Gasteiger partial charge in [-0.1, -0.05) is 0 Å². The first kappa shape index (κ1) is 51.7. The molecule has 0 aliphatic heterocycles. The summed E-state index contributed by atoms with van der Waals surface area (Å²) in [6.45, 7) is 0. The average molecular weight is 264 g/mol. The Bertz CT molecular complexity index is 73.5. The quantitative estimate of drug-likeness (QED) is 0.487. The minimum Gasteiger partial charge on any atom is -0.358 e. The molecule has 0 aromatic carbocycles. The van der Waals surface area contributed by atoms with Gasteiger partial charge in [0, 0.05) is 21.7 Å². The molecule has 78 valence electrons. The van der Waals surface area contributed by atoms with Gasteiger partial charge in [0.1, 0.15) is 0 Å². The van der Waals surface area contributed by atoms with E-state index < -0.39 is 0 Å². The molecular formula is C8H18Cl2PTi-5. The van der Waals surface area contributed by atoms with Gasteiger partial charge in [-0.25, -0.2) is 6.07 Å². The van der Waals surface area contributed by atoms with Crippen LogP contribution in [-0.2, 0) is 21.7 Å². The third-order valence-electron chi connectivity index (χ3n) is 0.442. The summed E-state index contributed by atoms with van der Waals surface area (Å²) in [5.74, 6) is 5.11. The minimum absolute atomic E-state index is 0. The summed E-state index contributed by atoms with van der Waals surface area (Å²) in [7, 11) is 0.823. The molecule has 1 aromatic heterocycles. The summed E-state index contributed by atoms with van der Waals surface area (Å²) in [6.07, 6.45) is 0. The van der Waals surface area contributed by atoms with Gasteiger partial charge in [0.15, 0.2) is 0 Å². The van der Waals surface area contributed by atoms with Crippen molar-refractivity contribution in [3.63, 3.8) is 0 Å². The molecule has 1 atom stereocenters. The first-order valence-corrected chi connectivity index (χ1v) is 2.57. The Morgan fingerprint density at radius 3 is 1.42 bits per heavy atom. The van der Waals surface area contributed by atoms with Gasteiger partial charge in [0.05, 0.1) is 0 Å². The Hall–Kier alpha value is 1.07. The molecule has 1 unspecified atom stereocenters. The summed E-state index contributed by atoms with van der Waals surface area (Å²) < 4.78 is 0. The van der Waals surface area contributed by atoms with Crippen molar-refractivity contribution in [2.45, 2.75) is 0 Å². The van der Waals surface area contributed by atoms with Crippen LogP contribution in [0.5, 0.6) is 0 Å². The first-order chi connectivity index (χ1) is 2.50. The van der Waals surface area contributed by atoms with Crippen molar-refractivity contribution in [1.82, 2.24) is 0 Å². The molecule has 1 rings (SSSR count). The molecule has 0 bridgehead atoms. The van der Waals surface area contributed by atoms with Crippen LogP contribution in [0.2, 0.25) is 0 Å². The Labute approximate surface area is 108 Å². The Morgan fingerprint density at radius 2 is 1.33 bits per heavy atom.